The highest BCUT2D eigenvalue weighted by atomic mass is 16.7. The van der Waals surface area contributed by atoms with Crippen LogP contribution in [0.15, 0.2) is 66.5 Å². The minimum Gasteiger partial charge on any atom is -0.507 e. The van der Waals surface area contributed by atoms with Gasteiger partial charge in [-0.05, 0) is 54.8 Å². The van der Waals surface area contributed by atoms with E-state index in [4.69, 9.17) is 9.47 Å². The quantitative estimate of drug-likeness (QED) is 0.385. The molecule has 0 aliphatic carbocycles. The highest BCUT2D eigenvalue weighted by Crippen LogP contribution is 2.44. The lowest BCUT2D eigenvalue weighted by atomic mass is 9.95. The number of anilines is 1. The molecular formula is C25H20N2O5. The molecule has 1 aromatic heterocycles. The van der Waals surface area contributed by atoms with Crippen molar-refractivity contribution in [3.05, 3.63) is 88.8 Å². The summed E-state index contributed by atoms with van der Waals surface area (Å²) in [7, 11) is 0. The van der Waals surface area contributed by atoms with Crippen LogP contribution in [0.1, 0.15) is 28.3 Å². The van der Waals surface area contributed by atoms with Crippen LogP contribution >= 0.6 is 0 Å². The maximum Gasteiger partial charge on any atom is 0.300 e. The van der Waals surface area contributed by atoms with Crippen LogP contribution in [0.25, 0.3) is 5.76 Å². The van der Waals surface area contributed by atoms with Gasteiger partial charge in [-0.3, -0.25) is 19.5 Å². The zero-order valence-electron chi connectivity index (χ0n) is 17.5. The number of rotatable bonds is 3. The molecule has 1 saturated heterocycles. The average molecular weight is 428 g/mol. The van der Waals surface area contributed by atoms with Gasteiger partial charge in [-0.1, -0.05) is 18.2 Å². The van der Waals surface area contributed by atoms with Crippen LogP contribution in [0.3, 0.4) is 0 Å². The Hall–Kier alpha value is -4.13. The summed E-state index contributed by atoms with van der Waals surface area (Å²) in [6.45, 7) is 3.99. The molecule has 32 heavy (non-hydrogen) atoms. The third-order valence-corrected chi connectivity index (χ3v) is 5.86. The smallest absolute Gasteiger partial charge is 0.300 e. The zero-order valence-corrected chi connectivity index (χ0v) is 17.5. The average Bonchev–Trinajstić information content (AvgIpc) is 3.38. The molecule has 1 atom stereocenters. The molecule has 2 aliphatic rings. The van der Waals surface area contributed by atoms with E-state index in [0.717, 1.165) is 11.1 Å². The van der Waals surface area contributed by atoms with Gasteiger partial charge in [0.2, 0.25) is 6.79 Å². The summed E-state index contributed by atoms with van der Waals surface area (Å²) >= 11 is 0. The third-order valence-electron chi connectivity index (χ3n) is 5.86. The molecule has 0 radical (unpaired) electrons. The van der Waals surface area contributed by atoms with E-state index in [1.54, 1.807) is 54.9 Å². The second kappa shape index (κ2) is 7.53. The number of aliphatic hydroxyl groups excluding tert-OH is 1. The number of ether oxygens (including phenoxy) is 2. The van der Waals surface area contributed by atoms with Crippen molar-refractivity contribution in [3.63, 3.8) is 0 Å². The molecule has 5 rings (SSSR count). The number of amides is 1. The Balaban J connectivity index is 1.70. The molecule has 1 N–H and O–H groups in total. The first kappa shape index (κ1) is 19.8. The van der Waals surface area contributed by atoms with Crippen LogP contribution in [-0.4, -0.2) is 28.6 Å². The molecule has 1 fully saturated rings. The summed E-state index contributed by atoms with van der Waals surface area (Å²) in [5.74, 6) is -0.652. The number of aliphatic hydroxyl groups is 1. The van der Waals surface area contributed by atoms with Gasteiger partial charge in [0.15, 0.2) is 11.5 Å². The number of pyridine rings is 1. The van der Waals surface area contributed by atoms with Gasteiger partial charge in [0.05, 0.1) is 11.6 Å². The molecule has 7 nitrogen and oxygen atoms in total. The van der Waals surface area contributed by atoms with Gasteiger partial charge in [-0.25, -0.2) is 0 Å². The van der Waals surface area contributed by atoms with Crippen molar-refractivity contribution in [3.8, 4) is 11.5 Å². The van der Waals surface area contributed by atoms with Crippen molar-refractivity contribution in [1.29, 1.82) is 0 Å². The SMILES string of the molecule is Cc1ccc(/C(O)=C2\C(=O)C(=O)N(c3ccc4c(c3)OCO4)C2c2cccnc2)cc1C. The Kier molecular flexibility index (Phi) is 4.66. The van der Waals surface area contributed by atoms with E-state index in [2.05, 4.69) is 4.98 Å². The third kappa shape index (κ3) is 3.10. The molecule has 0 spiro atoms. The van der Waals surface area contributed by atoms with Crippen LogP contribution in [0, 0.1) is 13.8 Å². The van der Waals surface area contributed by atoms with Crippen molar-refractivity contribution >= 4 is 23.1 Å². The predicted molar refractivity (Wildman–Crippen MR) is 118 cm³/mol. The lowest BCUT2D eigenvalue weighted by Gasteiger charge is -2.25. The number of ketones is 1. The predicted octanol–water partition coefficient (Wildman–Crippen LogP) is 4.05. The monoisotopic (exact) mass is 428 g/mol. The minimum atomic E-state index is -0.842. The Morgan fingerprint density at radius 3 is 2.59 bits per heavy atom. The lowest BCUT2D eigenvalue weighted by Crippen LogP contribution is -2.29. The van der Waals surface area contributed by atoms with Gasteiger partial charge in [-0.15, -0.1) is 0 Å². The van der Waals surface area contributed by atoms with E-state index in [1.807, 2.05) is 19.9 Å². The molecule has 160 valence electrons. The number of aromatic nitrogens is 1. The molecule has 1 amide bonds. The first-order valence-electron chi connectivity index (χ1n) is 10.1. The summed E-state index contributed by atoms with van der Waals surface area (Å²) in [6.07, 6.45) is 3.20. The number of benzene rings is 2. The van der Waals surface area contributed by atoms with Crippen molar-refractivity contribution in [2.24, 2.45) is 0 Å². The maximum absolute atomic E-state index is 13.2. The van der Waals surface area contributed by atoms with Crippen LogP contribution < -0.4 is 14.4 Å². The number of Topliss-reactive ketones (excluding diaryl/α,β-unsaturated/α-hetero) is 1. The summed E-state index contributed by atoms with van der Waals surface area (Å²) in [5, 5.41) is 11.2. The molecule has 2 aromatic carbocycles. The summed E-state index contributed by atoms with van der Waals surface area (Å²) in [6, 6.07) is 13.1. The molecule has 1 unspecified atom stereocenters. The van der Waals surface area contributed by atoms with Crippen molar-refractivity contribution in [1.82, 2.24) is 4.98 Å². The lowest BCUT2D eigenvalue weighted by molar-refractivity contribution is -0.132. The largest absolute Gasteiger partial charge is 0.507 e. The number of hydrogen-bond acceptors (Lipinski definition) is 6. The number of hydrogen-bond donors (Lipinski definition) is 1. The van der Waals surface area contributed by atoms with E-state index < -0.39 is 17.7 Å². The molecular weight excluding hydrogens is 408 g/mol. The van der Waals surface area contributed by atoms with E-state index in [0.29, 0.717) is 28.3 Å². The second-order valence-electron chi connectivity index (χ2n) is 7.79. The fourth-order valence-corrected chi connectivity index (χ4v) is 4.03. The maximum atomic E-state index is 13.2. The Labute approximate surface area is 184 Å². The first-order valence-corrected chi connectivity index (χ1v) is 10.1. The standard InChI is InChI=1S/C25H20N2O5/c1-14-5-6-16(10-15(14)2)23(28)21-22(17-4-3-9-26-12-17)27(25(30)24(21)29)18-7-8-19-20(11-18)32-13-31-19/h3-12,22,28H,13H2,1-2H3/b23-21+. The second-order valence-corrected chi connectivity index (χ2v) is 7.79. The summed E-state index contributed by atoms with van der Waals surface area (Å²) < 4.78 is 10.8. The molecule has 0 saturated carbocycles. The van der Waals surface area contributed by atoms with Crippen molar-refractivity contribution in [2.75, 3.05) is 11.7 Å². The highest BCUT2D eigenvalue weighted by molar-refractivity contribution is 6.51. The van der Waals surface area contributed by atoms with E-state index >= 15 is 0 Å². The number of aryl methyl sites for hydroxylation is 2. The van der Waals surface area contributed by atoms with Crippen LogP contribution in [0.4, 0.5) is 5.69 Å². The zero-order chi connectivity index (χ0) is 22.4. The van der Waals surface area contributed by atoms with Gasteiger partial charge in [0.1, 0.15) is 5.76 Å². The molecule has 0 bridgehead atoms. The molecule has 3 heterocycles. The van der Waals surface area contributed by atoms with Gasteiger partial charge in [-0.2, -0.15) is 0 Å². The summed E-state index contributed by atoms with van der Waals surface area (Å²) in [4.78, 5) is 31.9. The van der Waals surface area contributed by atoms with Crippen LogP contribution in [0.2, 0.25) is 0 Å². The van der Waals surface area contributed by atoms with E-state index in [1.165, 1.54) is 4.90 Å². The normalized spacial score (nSPS) is 18.9. The number of fused-ring (bicyclic) bond motifs is 1. The molecule has 7 heteroatoms. The van der Waals surface area contributed by atoms with Gasteiger partial charge >= 0.3 is 0 Å². The van der Waals surface area contributed by atoms with Gasteiger partial charge < -0.3 is 14.6 Å². The Bertz CT molecular complexity index is 1280. The van der Waals surface area contributed by atoms with E-state index in [9.17, 15) is 14.7 Å². The Morgan fingerprint density at radius 2 is 1.84 bits per heavy atom. The van der Waals surface area contributed by atoms with Crippen LogP contribution in [-0.2, 0) is 9.59 Å². The minimum absolute atomic E-state index is 0.0175. The van der Waals surface area contributed by atoms with Crippen molar-refractivity contribution < 1.29 is 24.2 Å². The Morgan fingerprint density at radius 1 is 1.03 bits per heavy atom. The number of carbonyl (C=O) groups excluding carboxylic acids is 2. The fourth-order valence-electron chi connectivity index (χ4n) is 4.03. The van der Waals surface area contributed by atoms with Gasteiger partial charge in [0, 0.05) is 29.7 Å². The molecule has 2 aliphatic heterocycles. The molecule has 3 aromatic rings. The number of nitrogens with zero attached hydrogens (tertiary/aromatic N) is 2. The summed E-state index contributed by atoms with van der Waals surface area (Å²) in [5.41, 5.74) is 3.59. The fraction of sp³-hybridized carbons (Fsp3) is 0.160. The van der Waals surface area contributed by atoms with Gasteiger partial charge in [0.25, 0.3) is 11.7 Å². The highest BCUT2D eigenvalue weighted by Gasteiger charge is 2.47. The first-order chi connectivity index (χ1) is 15.5. The van der Waals surface area contributed by atoms with E-state index in [-0.39, 0.29) is 18.1 Å². The van der Waals surface area contributed by atoms with Crippen LogP contribution in [0.5, 0.6) is 11.5 Å². The topological polar surface area (TPSA) is 89.0 Å². The number of carbonyl (C=O) groups is 2. The van der Waals surface area contributed by atoms with Crippen molar-refractivity contribution in [2.45, 2.75) is 19.9 Å².